The van der Waals surface area contributed by atoms with Gasteiger partial charge in [0.25, 0.3) is 11.8 Å². The third-order valence-corrected chi connectivity index (χ3v) is 7.36. The Hall–Kier alpha value is -5.22. The fraction of sp³-hybridized carbons (Fsp3) is 0.147. The lowest BCUT2D eigenvalue weighted by atomic mass is 10.1. The Labute approximate surface area is 260 Å². The van der Waals surface area contributed by atoms with Crippen LogP contribution in [0.5, 0.6) is 17.2 Å². The summed E-state index contributed by atoms with van der Waals surface area (Å²) in [4.78, 5) is 39.8. The molecule has 4 aromatic carbocycles. The van der Waals surface area contributed by atoms with Crippen molar-refractivity contribution in [3.8, 4) is 17.2 Å². The SMILES string of the molecule is COc1cc(OC)c(OC)cc1/C=C(\NC(=O)c1ccccc1)C(=O)Nc1ccc(SCC(=O)Nc2cccc(C)c2)cc1. The molecule has 0 atom stereocenters. The largest absolute Gasteiger partial charge is 0.496 e. The van der Waals surface area contributed by atoms with Crippen LogP contribution in [0.3, 0.4) is 0 Å². The van der Waals surface area contributed by atoms with E-state index in [1.807, 2.05) is 43.3 Å². The lowest BCUT2D eigenvalue weighted by Gasteiger charge is -2.15. The van der Waals surface area contributed by atoms with E-state index in [4.69, 9.17) is 14.2 Å². The van der Waals surface area contributed by atoms with Crippen LogP contribution < -0.4 is 30.2 Å². The molecule has 44 heavy (non-hydrogen) atoms. The first kappa shape index (κ1) is 31.7. The maximum absolute atomic E-state index is 13.5. The van der Waals surface area contributed by atoms with E-state index in [1.54, 1.807) is 54.6 Å². The summed E-state index contributed by atoms with van der Waals surface area (Å²) in [7, 11) is 4.50. The minimum absolute atomic E-state index is 0.0179. The number of rotatable bonds is 12. The van der Waals surface area contributed by atoms with Crippen LogP contribution in [0, 0.1) is 6.92 Å². The Bertz CT molecular complexity index is 1660. The first-order chi connectivity index (χ1) is 21.3. The molecule has 0 aliphatic heterocycles. The van der Waals surface area contributed by atoms with Gasteiger partial charge < -0.3 is 30.2 Å². The zero-order chi connectivity index (χ0) is 31.5. The molecule has 9 nitrogen and oxygen atoms in total. The third kappa shape index (κ3) is 8.65. The average molecular weight is 612 g/mol. The summed E-state index contributed by atoms with van der Waals surface area (Å²) in [5.74, 6) is 0.389. The molecule has 0 aliphatic rings. The number of thioether (sulfide) groups is 1. The number of methoxy groups -OCH3 is 3. The van der Waals surface area contributed by atoms with Gasteiger partial charge in [-0.15, -0.1) is 11.8 Å². The van der Waals surface area contributed by atoms with Gasteiger partial charge in [-0.3, -0.25) is 14.4 Å². The topological polar surface area (TPSA) is 115 Å². The van der Waals surface area contributed by atoms with Crippen LogP contribution in [-0.2, 0) is 9.59 Å². The number of hydrogen-bond acceptors (Lipinski definition) is 7. The molecule has 3 amide bonds. The fourth-order valence-electron chi connectivity index (χ4n) is 4.17. The summed E-state index contributed by atoms with van der Waals surface area (Å²) in [5.41, 5.74) is 3.17. The van der Waals surface area contributed by atoms with Gasteiger partial charge in [0.1, 0.15) is 11.4 Å². The highest BCUT2D eigenvalue weighted by atomic mass is 32.2. The minimum atomic E-state index is -0.552. The molecule has 0 radical (unpaired) electrons. The van der Waals surface area contributed by atoms with Gasteiger partial charge in [-0.25, -0.2) is 0 Å². The quantitative estimate of drug-likeness (QED) is 0.130. The molecule has 0 unspecified atom stereocenters. The molecule has 4 aromatic rings. The smallest absolute Gasteiger partial charge is 0.272 e. The van der Waals surface area contributed by atoms with Crippen molar-refractivity contribution in [1.82, 2.24) is 5.32 Å². The molecule has 226 valence electrons. The van der Waals surface area contributed by atoms with Crippen LogP contribution in [0.4, 0.5) is 11.4 Å². The highest BCUT2D eigenvalue weighted by molar-refractivity contribution is 8.00. The second kappa shape index (κ2) is 15.3. The zero-order valence-corrected chi connectivity index (χ0v) is 25.6. The van der Waals surface area contributed by atoms with Gasteiger partial charge >= 0.3 is 0 Å². The van der Waals surface area contributed by atoms with Crippen LogP contribution >= 0.6 is 11.8 Å². The van der Waals surface area contributed by atoms with Crippen molar-refractivity contribution < 1.29 is 28.6 Å². The molecule has 0 saturated heterocycles. The molecule has 0 spiro atoms. The number of anilines is 2. The molecule has 3 N–H and O–H groups in total. The first-order valence-corrected chi connectivity index (χ1v) is 14.6. The number of hydrogen-bond donors (Lipinski definition) is 3. The Kier molecular flexibility index (Phi) is 11.0. The van der Waals surface area contributed by atoms with Crippen LogP contribution in [0.15, 0.2) is 102 Å². The van der Waals surface area contributed by atoms with Gasteiger partial charge in [0.2, 0.25) is 5.91 Å². The van der Waals surface area contributed by atoms with Crippen molar-refractivity contribution in [2.45, 2.75) is 11.8 Å². The third-order valence-electron chi connectivity index (χ3n) is 6.35. The van der Waals surface area contributed by atoms with Crippen molar-refractivity contribution in [3.05, 3.63) is 113 Å². The van der Waals surface area contributed by atoms with Crippen LogP contribution in [-0.4, -0.2) is 44.8 Å². The number of benzene rings is 4. The predicted molar refractivity (Wildman–Crippen MR) is 174 cm³/mol. The standard InChI is InChI=1S/C34H33N3O6S/c1-22-9-8-12-26(17-22)35-32(38)21-44-27-15-13-25(14-16-27)36-34(40)28(37-33(39)23-10-6-5-7-11-23)18-24-19-30(42-3)31(43-4)20-29(24)41-2/h5-20H,21H2,1-4H3,(H,35,38)(H,36,40)(H,37,39)/b28-18-. The number of amides is 3. The summed E-state index contributed by atoms with van der Waals surface area (Å²) in [6, 6.07) is 26.6. The van der Waals surface area contributed by atoms with Crippen LogP contribution in [0.1, 0.15) is 21.5 Å². The van der Waals surface area contributed by atoms with Crippen molar-refractivity contribution in [2.24, 2.45) is 0 Å². The van der Waals surface area contributed by atoms with Gasteiger partial charge in [0, 0.05) is 33.5 Å². The molecule has 0 saturated carbocycles. The van der Waals surface area contributed by atoms with E-state index in [-0.39, 0.29) is 17.4 Å². The average Bonchev–Trinajstić information content (AvgIpc) is 3.04. The monoisotopic (exact) mass is 611 g/mol. The summed E-state index contributed by atoms with van der Waals surface area (Å²) >= 11 is 1.38. The van der Waals surface area contributed by atoms with Crippen molar-refractivity contribution in [1.29, 1.82) is 0 Å². The zero-order valence-electron chi connectivity index (χ0n) is 24.8. The molecular weight excluding hydrogens is 578 g/mol. The maximum atomic E-state index is 13.5. The Morgan fingerprint density at radius 1 is 0.727 bits per heavy atom. The first-order valence-electron chi connectivity index (χ1n) is 13.6. The highest BCUT2D eigenvalue weighted by Crippen LogP contribution is 2.35. The second-order valence-electron chi connectivity index (χ2n) is 9.51. The van der Waals surface area contributed by atoms with E-state index in [0.29, 0.717) is 34.1 Å². The van der Waals surface area contributed by atoms with Gasteiger partial charge in [-0.1, -0.05) is 30.3 Å². The molecular formula is C34H33N3O6S. The molecule has 4 rings (SSSR count). The molecule has 0 fully saturated rings. The Balaban J connectivity index is 1.50. The molecule has 0 aromatic heterocycles. The van der Waals surface area contributed by atoms with Crippen molar-refractivity contribution in [3.63, 3.8) is 0 Å². The summed E-state index contributed by atoms with van der Waals surface area (Å²) in [6.07, 6.45) is 1.51. The second-order valence-corrected chi connectivity index (χ2v) is 10.6. The Morgan fingerprint density at radius 2 is 1.41 bits per heavy atom. The van der Waals surface area contributed by atoms with E-state index >= 15 is 0 Å². The van der Waals surface area contributed by atoms with Gasteiger partial charge in [0.05, 0.1) is 27.1 Å². The Morgan fingerprint density at radius 3 is 2.07 bits per heavy atom. The molecule has 0 heterocycles. The number of carbonyl (C=O) groups is 3. The predicted octanol–water partition coefficient (Wildman–Crippen LogP) is 6.16. The van der Waals surface area contributed by atoms with Crippen molar-refractivity contribution in [2.75, 3.05) is 37.7 Å². The maximum Gasteiger partial charge on any atom is 0.272 e. The van der Waals surface area contributed by atoms with E-state index in [0.717, 1.165) is 16.1 Å². The number of nitrogens with one attached hydrogen (secondary N) is 3. The normalized spacial score (nSPS) is 10.9. The lowest BCUT2D eigenvalue weighted by molar-refractivity contribution is -0.114. The fourth-order valence-corrected chi connectivity index (χ4v) is 4.86. The van der Waals surface area contributed by atoms with Gasteiger partial charge in [-0.2, -0.15) is 0 Å². The van der Waals surface area contributed by atoms with Gasteiger partial charge in [0.15, 0.2) is 11.5 Å². The van der Waals surface area contributed by atoms with E-state index < -0.39 is 11.8 Å². The molecule has 10 heteroatoms. The van der Waals surface area contributed by atoms with E-state index in [1.165, 1.54) is 39.2 Å². The summed E-state index contributed by atoms with van der Waals surface area (Å²) < 4.78 is 16.3. The van der Waals surface area contributed by atoms with Gasteiger partial charge in [-0.05, 0) is 73.2 Å². The van der Waals surface area contributed by atoms with Crippen molar-refractivity contribution >= 4 is 46.9 Å². The number of aryl methyl sites for hydroxylation is 1. The number of carbonyl (C=O) groups excluding carboxylic acids is 3. The van der Waals surface area contributed by atoms with Crippen LogP contribution in [0.2, 0.25) is 0 Å². The lowest BCUT2D eigenvalue weighted by Crippen LogP contribution is -2.30. The van der Waals surface area contributed by atoms with E-state index in [2.05, 4.69) is 16.0 Å². The number of ether oxygens (including phenoxy) is 3. The van der Waals surface area contributed by atoms with Crippen LogP contribution in [0.25, 0.3) is 6.08 Å². The van der Waals surface area contributed by atoms with E-state index in [9.17, 15) is 14.4 Å². The summed E-state index contributed by atoms with van der Waals surface area (Å²) in [5, 5.41) is 8.44. The highest BCUT2D eigenvalue weighted by Gasteiger charge is 2.18. The molecule has 0 bridgehead atoms. The molecule has 0 aliphatic carbocycles. The minimum Gasteiger partial charge on any atom is -0.496 e. The summed E-state index contributed by atoms with van der Waals surface area (Å²) in [6.45, 7) is 1.97.